The molecule has 4 rings (SSSR count). The van der Waals surface area contributed by atoms with Crippen molar-refractivity contribution in [1.82, 2.24) is 0 Å². The Morgan fingerprint density at radius 3 is 2.12 bits per heavy atom. The van der Waals surface area contributed by atoms with E-state index in [1.807, 2.05) is 32.9 Å². The number of hydrogen-bond acceptors (Lipinski definition) is 4. The van der Waals surface area contributed by atoms with Gasteiger partial charge in [0.05, 0.1) is 17.4 Å². The van der Waals surface area contributed by atoms with E-state index in [-0.39, 0.29) is 23.1 Å². The molecule has 1 heterocycles. The van der Waals surface area contributed by atoms with Gasteiger partial charge in [0.15, 0.2) is 11.6 Å². The molecular formula is C26H22F2N2O3. The first-order valence-corrected chi connectivity index (χ1v) is 10.4. The summed E-state index contributed by atoms with van der Waals surface area (Å²) in [5.74, 6) is -2.58. The van der Waals surface area contributed by atoms with Crippen molar-refractivity contribution in [1.29, 1.82) is 0 Å². The van der Waals surface area contributed by atoms with E-state index in [2.05, 4.69) is 5.32 Å². The first-order chi connectivity index (χ1) is 15.7. The molecule has 3 aromatic rings. The smallest absolute Gasteiger partial charge is 0.282 e. The van der Waals surface area contributed by atoms with Crippen molar-refractivity contribution in [2.75, 3.05) is 10.2 Å². The number of imide groups is 1. The Kier molecular flexibility index (Phi) is 5.96. The van der Waals surface area contributed by atoms with Crippen LogP contribution in [0.3, 0.4) is 0 Å². The lowest BCUT2D eigenvalue weighted by Gasteiger charge is -2.17. The minimum atomic E-state index is -1.06. The van der Waals surface area contributed by atoms with E-state index < -0.39 is 23.4 Å². The van der Waals surface area contributed by atoms with Gasteiger partial charge in [-0.05, 0) is 62.7 Å². The zero-order valence-electron chi connectivity index (χ0n) is 18.4. The number of aryl methyl sites for hydroxylation is 1. The zero-order chi connectivity index (χ0) is 23.7. The van der Waals surface area contributed by atoms with E-state index in [0.29, 0.717) is 17.0 Å². The first kappa shape index (κ1) is 22.2. The third-order valence-electron chi connectivity index (χ3n) is 5.08. The summed E-state index contributed by atoms with van der Waals surface area (Å²) in [6.45, 7) is 5.71. The van der Waals surface area contributed by atoms with Gasteiger partial charge < -0.3 is 10.1 Å². The van der Waals surface area contributed by atoms with Gasteiger partial charge in [0.2, 0.25) is 0 Å². The third kappa shape index (κ3) is 4.48. The van der Waals surface area contributed by atoms with Crippen LogP contribution in [0.1, 0.15) is 25.0 Å². The molecule has 33 heavy (non-hydrogen) atoms. The maximum Gasteiger partial charge on any atom is 0.282 e. The first-order valence-electron chi connectivity index (χ1n) is 10.4. The van der Waals surface area contributed by atoms with Crippen LogP contribution in [0.15, 0.2) is 72.4 Å². The van der Waals surface area contributed by atoms with Crippen molar-refractivity contribution < 1.29 is 23.1 Å². The fourth-order valence-electron chi connectivity index (χ4n) is 3.53. The van der Waals surface area contributed by atoms with E-state index in [9.17, 15) is 18.4 Å². The second-order valence-electron chi connectivity index (χ2n) is 7.98. The quantitative estimate of drug-likeness (QED) is 0.509. The number of hydrogen-bond donors (Lipinski definition) is 1. The molecule has 0 spiro atoms. The third-order valence-corrected chi connectivity index (χ3v) is 5.08. The van der Waals surface area contributed by atoms with Crippen molar-refractivity contribution in [3.05, 3.63) is 95.2 Å². The highest BCUT2D eigenvalue weighted by molar-refractivity contribution is 6.46. The van der Waals surface area contributed by atoms with Crippen LogP contribution in [0.4, 0.5) is 20.2 Å². The summed E-state index contributed by atoms with van der Waals surface area (Å²) in [7, 11) is 0. The molecule has 0 unspecified atom stereocenters. The summed E-state index contributed by atoms with van der Waals surface area (Å²) in [6, 6.07) is 17.0. The van der Waals surface area contributed by atoms with Gasteiger partial charge in [-0.1, -0.05) is 29.8 Å². The predicted molar refractivity (Wildman–Crippen MR) is 123 cm³/mol. The molecule has 0 radical (unpaired) electrons. The minimum absolute atomic E-state index is 0.0163. The lowest BCUT2D eigenvalue weighted by molar-refractivity contribution is -0.120. The van der Waals surface area contributed by atoms with Crippen LogP contribution in [0.25, 0.3) is 5.57 Å². The fraction of sp³-hybridized carbons (Fsp3) is 0.154. The number of nitrogens with zero attached hydrogens (tertiary/aromatic N) is 1. The standard InChI is InChI=1S/C26H22F2N2O3/c1-15(2)33-20-11-9-19(10-12-20)30-25(31)23(17-6-4-16(3)5-7-17)24(26(30)32)29-18-8-13-21(27)22(28)14-18/h4-15,29H,1-3H3. The van der Waals surface area contributed by atoms with Crippen molar-refractivity contribution in [2.45, 2.75) is 26.9 Å². The Balaban J connectivity index is 1.75. The summed E-state index contributed by atoms with van der Waals surface area (Å²) < 4.78 is 32.8. The van der Waals surface area contributed by atoms with Crippen LogP contribution in [-0.4, -0.2) is 17.9 Å². The molecule has 168 valence electrons. The second-order valence-corrected chi connectivity index (χ2v) is 7.98. The summed E-state index contributed by atoms with van der Waals surface area (Å²) in [5, 5.41) is 2.83. The molecule has 2 amide bonds. The number of amides is 2. The molecule has 0 saturated heterocycles. The highest BCUT2D eigenvalue weighted by atomic mass is 19.2. The van der Waals surface area contributed by atoms with Crippen LogP contribution in [0.2, 0.25) is 0 Å². The topological polar surface area (TPSA) is 58.6 Å². The Hall–Kier alpha value is -4.00. The molecule has 3 aromatic carbocycles. The Labute approximate surface area is 190 Å². The molecular weight excluding hydrogens is 426 g/mol. The number of anilines is 2. The van der Waals surface area contributed by atoms with Gasteiger partial charge in [-0.15, -0.1) is 0 Å². The summed E-state index contributed by atoms with van der Waals surface area (Å²) in [4.78, 5) is 27.9. The molecule has 0 bridgehead atoms. The van der Waals surface area contributed by atoms with Gasteiger partial charge in [0.25, 0.3) is 11.8 Å². The average molecular weight is 448 g/mol. The Bertz CT molecular complexity index is 1250. The summed E-state index contributed by atoms with van der Waals surface area (Å²) in [6.07, 6.45) is -0.0207. The Morgan fingerprint density at radius 2 is 1.52 bits per heavy atom. The molecule has 0 aromatic heterocycles. The summed E-state index contributed by atoms with van der Waals surface area (Å²) in [5.41, 5.74) is 2.17. The SMILES string of the molecule is Cc1ccc(C2=C(Nc3ccc(F)c(F)c3)C(=O)N(c3ccc(OC(C)C)cc3)C2=O)cc1. The molecule has 1 aliphatic rings. The van der Waals surface area contributed by atoms with E-state index >= 15 is 0 Å². The molecule has 0 atom stereocenters. The summed E-state index contributed by atoms with van der Waals surface area (Å²) >= 11 is 0. The van der Waals surface area contributed by atoms with Crippen molar-refractivity contribution >= 4 is 28.8 Å². The maximum atomic E-state index is 13.8. The second kappa shape index (κ2) is 8.86. The van der Waals surface area contributed by atoms with Crippen molar-refractivity contribution in [3.8, 4) is 5.75 Å². The lowest BCUT2D eigenvalue weighted by Crippen LogP contribution is -2.32. The number of carbonyl (C=O) groups excluding carboxylic acids is 2. The average Bonchev–Trinajstić information content (AvgIpc) is 3.01. The normalized spacial score (nSPS) is 13.8. The van der Waals surface area contributed by atoms with Crippen LogP contribution in [0, 0.1) is 18.6 Å². The van der Waals surface area contributed by atoms with Crippen LogP contribution in [-0.2, 0) is 9.59 Å². The molecule has 0 aliphatic carbocycles. The van der Waals surface area contributed by atoms with Gasteiger partial charge in [0, 0.05) is 11.8 Å². The van der Waals surface area contributed by atoms with Gasteiger partial charge in [-0.2, -0.15) is 0 Å². The number of halogens is 2. The number of ether oxygens (including phenoxy) is 1. The predicted octanol–water partition coefficient (Wildman–Crippen LogP) is 5.46. The van der Waals surface area contributed by atoms with E-state index in [0.717, 1.165) is 22.6 Å². The van der Waals surface area contributed by atoms with E-state index in [4.69, 9.17) is 4.74 Å². The van der Waals surface area contributed by atoms with Gasteiger partial charge in [0.1, 0.15) is 11.4 Å². The minimum Gasteiger partial charge on any atom is -0.491 e. The molecule has 5 nitrogen and oxygen atoms in total. The largest absolute Gasteiger partial charge is 0.491 e. The van der Waals surface area contributed by atoms with Crippen LogP contribution in [0.5, 0.6) is 5.75 Å². The van der Waals surface area contributed by atoms with Crippen LogP contribution < -0.4 is 15.0 Å². The Morgan fingerprint density at radius 1 is 0.848 bits per heavy atom. The number of nitrogens with one attached hydrogen (secondary N) is 1. The lowest BCUT2D eigenvalue weighted by atomic mass is 10.0. The maximum absolute atomic E-state index is 13.8. The van der Waals surface area contributed by atoms with E-state index in [1.54, 1.807) is 36.4 Å². The number of carbonyl (C=O) groups is 2. The highest BCUT2D eigenvalue weighted by Crippen LogP contribution is 2.34. The number of benzene rings is 3. The van der Waals surface area contributed by atoms with Gasteiger partial charge >= 0.3 is 0 Å². The molecule has 1 N–H and O–H groups in total. The van der Waals surface area contributed by atoms with E-state index in [1.165, 1.54) is 6.07 Å². The monoisotopic (exact) mass is 448 g/mol. The van der Waals surface area contributed by atoms with Crippen molar-refractivity contribution in [3.63, 3.8) is 0 Å². The molecule has 7 heteroatoms. The highest BCUT2D eigenvalue weighted by Gasteiger charge is 2.40. The molecule has 0 fully saturated rings. The molecule has 1 aliphatic heterocycles. The molecule has 0 saturated carbocycles. The fourth-order valence-corrected chi connectivity index (χ4v) is 3.53. The van der Waals surface area contributed by atoms with Gasteiger partial charge in [-0.3, -0.25) is 9.59 Å². The van der Waals surface area contributed by atoms with Crippen LogP contribution >= 0.6 is 0 Å². The zero-order valence-corrected chi connectivity index (χ0v) is 18.4. The number of rotatable bonds is 6. The van der Waals surface area contributed by atoms with Crippen molar-refractivity contribution in [2.24, 2.45) is 0 Å². The van der Waals surface area contributed by atoms with Gasteiger partial charge in [-0.25, -0.2) is 13.7 Å².